The van der Waals surface area contributed by atoms with Crippen molar-refractivity contribution in [2.75, 3.05) is 23.1 Å². The molecule has 0 radical (unpaired) electrons. The summed E-state index contributed by atoms with van der Waals surface area (Å²) in [6.45, 7) is 0. The van der Waals surface area contributed by atoms with E-state index >= 15 is 0 Å². The van der Waals surface area contributed by atoms with Crippen LogP contribution in [-0.4, -0.2) is 31.3 Å². The Hall–Kier alpha value is -1.67. The van der Waals surface area contributed by atoms with Crippen molar-refractivity contribution in [1.29, 1.82) is 0 Å². The van der Waals surface area contributed by atoms with Crippen molar-refractivity contribution < 1.29 is 13.2 Å². The van der Waals surface area contributed by atoms with E-state index < -0.39 is 9.84 Å². The standard InChI is InChI=1S/C11H13N3O3S2/c1-19(16,17)5-4-10(15)14-11-13-8-3-2-7(12)6-9(8)18-11/h2-3,6H,4-5,12H2,1H3,(H,13,14,15). The summed E-state index contributed by atoms with van der Waals surface area (Å²) in [6.07, 6.45) is 1.03. The van der Waals surface area contributed by atoms with Gasteiger partial charge in [0.1, 0.15) is 9.84 Å². The molecule has 0 spiro atoms. The first-order valence-electron chi connectivity index (χ1n) is 5.47. The van der Waals surface area contributed by atoms with E-state index in [-0.39, 0.29) is 18.1 Å². The molecule has 0 saturated heterocycles. The molecule has 1 aromatic carbocycles. The summed E-state index contributed by atoms with van der Waals surface area (Å²) in [7, 11) is -3.14. The molecule has 2 aromatic rings. The summed E-state index contributed by atoms with van der Waals surface area (Å²) in [5.41, 5.74) is 7.03. The van der Waals surface area contributed by atoms with Gasteiger partial charge in [-0.15, -0.1) is 0 Å². The van der Waals surface area contributed by atoms with Crippen molar-refractivity contribution >= 4 is 48.1 Å². The third-order valence-electron chi connectivity index (χ3n) is 2.36. The predicted octanol–water partition coefficient (Wildman–Crippen LogP) is 1.25. The average Bonchev–Trinajstić information content (AvgIpc) is 2.66. The van der Waals surface area contributed by atoms with Crippen LogP contribution in [0.1, 0.15) is 6.42 Å². The fraction of sp³-hybridized carbons (Fsp3) is 0.273. The van der Waals surface area contributed by atoms with Crippen LogP contribution >= 0.6 is 11.3 Å². The molecule has 1 heterocycles. The first-order valence-corrected chi connectivity index (χ1v) is 8.35. The Bertz CT molecular complexity index is 722. The van der Waals surface area contributed by atoms with E-state index in [1.165, 1.54) is 11.3 Å². The van der Waals surface area contributed by atoms with Gasteiger partial charge in [-0.25, -0.2) is 13.4 Å². The first kappa shape index (κ1) is 13.8. The topological polar surface area (TPSA) is 102 Å². The second-order valence-electron chi connectivity index (χ2n) is 4.17. The number of aromatic nitrogens is 1. The number of thiazole rings is 1. The summed E-state index contributed by atoms with van der Waals surface area (Å²) in [5, 5.41) is 3.03. The van der Waals surface area contributed by atoms with Crippen LogP contribution in [0.4, 0.5) is 10.8 Å². The van der Waals surface area contributed by atoms with Crippen LogP contribution in [0.2, 0.25) is 0 Å². The van der Waals surface area contributed by atoms with Crippen molar-refractivity contribution in [1.82, 2.24) is 4.98 Å². The number of hydrogen-bond acceptors (Lipinski definition) is 6. The van der Waals surface area contributed by atoms with Crippen molar-refractivity contribution in [3.8, 4) is 0 Å². The number of sulfone groups is 1. The number of nitrogen functional groups attached to an aromatic ring is 1. The van der Waals surface area contributed by atoms with Gasteiger partial charge in [-0.3, -0.25) is 4.79 Å². The average molecular weight is 299 g/mol. The Labute approximate surface area is 114 Å². The predicted molar refractivity (Wildman–Crippen MR) is 77.0 cm³/mol. The maximum absolute atomic E-state index is 11.6. The van der Waals surface area contributed by atoms with Crippen LogP contribution in [0.5, 0.6) is 0 Å². The van der Waals surface area contributed by atoms with Gasteiger partial charge in [0.15, 0.2) is 5.13 Å². The lowest BCUT2D eigenvalue weighted by molar-refractivity contribution is -0.115. The van der Waals surface area contributed by atoms with E-state index in [1.54, 1.807) is 18.2 Å². The molecule has 19 heavy (non-hydrogen) atoms. The molecule has 2 rings (SSSR count). The zero-order valence-electron chi connectivity index (χ0n) is 10.2. The van der Waals surface area contributed by atoms with Gasteiger partial charge in [0.05, 0.1) is 16.0 Å². The van der Waals surface area contributed by atoms with E-state index in [0.29, 0.717) is 10.8 Å². The van der Waals surface area contributed by atoms with E-state index in [4.69, 9.17) is 5.73 Å². The van der Waals surface area contributed by atoms with E-state index in [1.807, 2.05) is 0 Å². The molecule has 0 aliphatic heterocycles. The molecular weight excluding hydrogens is 286 g/mol. The van der Waals surface area contributed by atoms with Crippen LogP contribution in [0.15, 0.2) is 18.2 Å². The first-order chi connectivity index (χ1) is 8.83. The van der Waals surface area contributed by atoms with E-state index in [2.05, 4.69) is 10.3 Å². The molecule has 0 bridgehead atoms. The fourth-order valence-corrected chi connectivity index (χ4v) is 2.94. The molecule has 6 nitrogen and oxygen atoms in total. The minimum absolute atomic E-state index is 0.0725. The summed E-state index contributed by atoms with van der Waals surface area (Å²) >= 11 is 1.30. The number of carbonyl (C=O) groups is 1. The molecule has 1 amide bonds. The summed E-state index contributed by atoms with van der Waals surface area (Å²) in [6, 6.07) is 5.28. The van der Waals surface area contributed by atoms with E-state index in [0.717, 1.165) is 16.5 Å². The van der Waals surface area contributed by atoms with Crippen LogP contribution in [0.25, 0.3) is 10.2 Å². The minimum Gasteiger partial charge on any atom is -0.399 e. The highest BCUT2D eigenvalue weighted by Crippen LogP contribution is 2.27. The molecular formula is C11H13N3O3S2. The fourth-order valence-electron chi connectivity index (χ4n) is 1.45. The quantitative estimate of drug-likeness (QED) is 0.827. The lowest BCUT2D eigenvalue weighted by atomic mass is 10.3. The number of anilines is 2. The summed E-state index contributed by atoms with van der Waals surface area (Å²) < 4.78 is 22.8. The highest BCUT2D eigenvalue weighted by atomic mass is 32.2. The van der Waals surface area contributed by atoms with Gasteiger partial charge < -0.3 is 11.1 Å². The van der Waals surface area contributed by atoms with Crippen molar-refractivity contribution in [3.63, 3.8) is 0 Å². The number of amides is 1. The lowest BCUT2D eigenvalue weighted by Crippen LogP contribution is -2.16. The van der Waals surface area contributed by atoms with Gasteiger partial charge in [0, 0.05) is 18.4 Å². The second kappa shape index (κ2) is 5.14. The largest absolute Gasteiger partial charge is 0.399 e. The second-order valence-corrected chi connectivity index (χ2v) is 7.46. The molecule has 102 valence electrons. The third kappa shape index (κ3) is 3.90. The number of nitrogens with one attached hydrogen (secondary N) is 1. The van der Waals surface area contributed by atoms with Crippen LogP contribution < -0.4 is 11.1 Å². The summed E-state index contributed by atoms with van der Waals surface area (Å²) in [5.74, 6) is -0.533. The normalized spacial score (nSPS) is 11.6. The van der Waals surface area contributed by atoms with Crippen LogP contribution in [0.3, 0.4) is 0 Å². The molecule has 0 aliphatic carbocycles. The van der Waals surface area contributed by atoms with Gasteiger partial charge in [0.25, 0.3) is 0 Å². The number of nitrogens with two attached hydrogens (primary N) is 1. The van der Waals surface area contributed by atoms with Gasteiger partial charge in [-0.05, 0) is 18.2 Å². The molecule has 0 fully saturated rings. The Morgan fingerprint density at radius 2 is 2.21 bits per heavy atom. The lowest BCUT2D eigenvalue weighted by Gasteiger charge is -1.99. The van der Waals surface area contributed by atoms with E-state index in [9.17, 15) is 13.2 Å². The Morgan fingerprint density at radius 1 is 1.47 bits per heavy atom. The highest BCUT2D eigenvalue weighted by Gasteiger charge is 2.11. The SMILES string of the molecule is CS(=O)(=O)CCC(=O)Nc1nc2ccc(N)cc2s1. The summed E-state index contributed by atoms with van der Waals surface area (Å²) in [4.78, 5) is 15.8. The van der Waals surface area contributed by atoms with Crippen molar-refractivity contribution in [2.45, 2.75) is 6.42 Å². The molecule has 3 N–H and O–H groups in total. The molecule has 0 aliphatic rings. The van der Waals surface area contributed by atoms with Gasteiger partial charge >= 0.3 is 0 Å². The van der Waals surface area contributed by atoms with Crippen molar-refractivity contribution in [2.24, 2.45) is 0 Å². The Morgan fingerprint density at radius 3 is 2.89 bits per heavy atom. The molecule has 0 atom stereocenters. The monoisotopic (exact) mass is 299 g/mol. The molecule has 0 saturated carbocycles. The molecule has 1 aromatic heterocycles. The minimum atomic E-state index is -3.14. The third-order valence-corrected chi connectivity index (χ3v) is 4.24. The maximum Gasteiger partial charge on any atom is 0.227 e. The van der Waals surface area contributed by atoms with Gasteiger partial charge in [0.2, 0.25) is 5.91 Å². The Balaban J connectivity index is 2.07. The number of benzene rings is 1. The number of hydrogen-bond donors (Lipinski definition) is 2. The molecule has 0 unspecified atom stereocenters. The van der Waals surface area contributed by atoms with Gasteiger partial charge in [-0.1, -0.05) is 11.3 Å². The highest BCUT2D eigenvalue weighted by molar-refractivity contribution is 7.90. The number of carbonyl (C=O) groups excluding carboxylic acids is 1. The number of nitrogens with zero attached hydrogens (tertiary/aromatic N) is 1. The van der Waals surface area contributed by atoms with Crippen LogP contribution in [-0.2, 0) is 14.6 Å². The van der Waals surface area contributed by atoms with Gasteiger partial charge in [-0.2, -0.15) is 0 Å². The van der Waals surface area contributed by atoms with Crippen molar-refractivity contribution in [3.05, 3.63) is 18.2 Å². The maximum atomic E-state index is 11.6. The number of fused-ring (bicyclic) bond motifs is 1. The van der Waals surface area contributed by atoms with Crippen LogP contribution in [0, 0.1) is 0 Å². The smallest absolute Gasteiger partial charge is 0.227 e. The Kier molecular flexibility index (Phi) is 3.72. The number of rotatable bonds is 4. The zero-order chi connectivity index (χ0) is 14.0. The molecule has 8 heteroatoms. The zero-order valence-corrected chi connectivity index (χ0v) is 11.8.